The molecule has 0 atom stereocenters. The molecule has 1 amide bonds. The molecule has 0 radical (unpaired) electrons. The number of carbonyl (C=O) groups excluding carboxylic acids is 1. The second-order valence-corrected chi connectivity index (χ2v) is 4.15. The molecule has 0 saturated carbocycles. The number of carboxylic acid groups (broad SMARTS) is 1. The van der Waals surface area contributed by atoms with Crippen LogP contribution in [0.4, 0.5) is 0 Å². The quantitative estimate of drug-likeness (QED) is 0.834. The standard InChI is InChI=1S/C11H14N2O4/c1-7(14)13-4-2-8(3-5-13)10-12-6-9(17-10)11(15)16/h6,8H,2-5H2,1H3,(H,15,16). The van der Waals surface area contributed by atoms with Gasteiger partial charge in [-0.1, -0.05) is 0 Å². The summed E-state index contributed by atoms with van der Waals surface area (Å²) >= 11 is 0. The minimum absolute atomic E-state index is 0.0714. The van der Waals surface area contributed by atoms with E-state index in [1.807, 2.05) is 0 Å². The summed E-state index contributed by atoms with van der Waals surface area (Å²) in [4.78, 5) is 27.6. The van der Waals surface area contributed by atoms with Gasteiger partial charge in [0.1, 0.15) is 0 Å². The third-order valence-electron chi connectivity index (χ3n) is 3.02. The van der Waals surface area contributed by atoms with Gasteiger partial charge < -0.3 is 14.4 Å². The van der Waals surface area contributed by atoms with Crippen molar-refractivity contribution in [1.82, 2.24) is 9.88 Å². The summed E-state index contributed by atoms with van der Waals surface area (Å²) in [6.07, 6.45) is 2.76. The van der Waals surface area contributed by atoms with Crippen LogP contribution in [0.25, 0.3) is 0 Å². The molecule has 1 fully saturated rings. The van der Waals surface area contributed by atoms with Crippen molar-refractivity contribution in [2.45, 2.75) is 25.7 Å². The minimum Gasteiger partial charge on any atom is -0.475 e. The number of hydrogen-bond acceptors (Lipinski definition) is 4. The highest BCUT2D eigenvalue weighted by Gasteiger charge is 2.26. The number of oxazole rings is 1. The third-order valence-corrected chi connectivity index (χ3v) is 3.02. The summed E-state index contributed by atoms with van der Waals surface area (Å²) in [5, 5.41) is 8.72. The molecular weight excluding hydrogens is 224 g/mol. The maximum absolute atomic E-state index is 11.1. The molecule has 0 spiro atoms. The van der Waals surface area contributed by atoms with E-state index in [0.29, 0.717) is 19.0 Å². The number of aromatic carboxylic acids is 1. The van der Waals surface area contributed by atoms with Gasteiger partial charge in [0.2, 0.25) is 11.7 Å². The van der Waals surface area contributed by atoms with Crippen LogP contribution in [0.5, 0.6) is 0 Å². The maximum Gasteiger partial charge on any atom is 0.373 e. The van der Waals surface area contributed by atoms with Crippen molar-refractivity contribution in [2.75, 3.05) is 13.1 Å². The zero-order valence-corrected chi connectivity index (χ0v) is 9.55. The molecule has 0 aromatic carbocycles. The zero-order chi connectivity index (χ0) is 12.4. The Kier molecular flexibility index (Phi) is 3.12. The zero-order valence-electron chi connectivity index (χ0n) is 9.55. The Hall–Kier alpha value is -1.85. The number of amides is 1. The van der Waals surface area contributed by atoms with Gasteiger partial charge in [0.25, 0.3) is 0 Å². The Bertz CT molecular complexity index is 432. The molecule has 1 N–H and O–H groups in total. The fourth-order valence-corrected chi connectivity index (χ4v) is 2.02. The number of carboxylic acids is 1. The fraction of sp³-hybridized carbons (Fsp3) is 0.545. The van der Waals surface area contributed by atoms with E-state index in [-0.39, 0.29) is 17.6 Å². The van der Waals surface area contributed by atoms with Gasteiger partial charge in [-0.05, 0) is 12.8 Å². The van der Waals surface area contributed by atoms with Crippen molar-refractivity contribution in [3.63, 3.8) is 0 Å². The molecule has 1 aromatic rings. The molecule has 2 rings (SSSR count). The summed E-state index contributed by atoms with van der Waals surface area (Å²) < 4.78 is 5.17. The smallest absolute Gasteiger partial charge is 0.373 e. The first-order valence-electron chi connectivity index (χ1n) is 5.52. The second-order valence-electron chi connectivity index (χ2n) is 4.15. The molecule has 17 heavy (non-hydrogen) atoms. The number of nitrogens with zero attached hydrogens (tertiary/aromatic N) is 2. The molecular formula is C11H14N2O4. The highest BCUT2D eigenvalue weighted by Crippen LogP contribution is 2.27. The lowest BCUT2D eigenvalue weighted by molar-refractivity contribution is -0.129. The maximum atomic E-state index is 11.1. The molecule has 1 saturated heterocycles. The lowest BCUT2D eigenvalue weighted by Crippen LogP contribution is -2.36. The molecule has 1 aliphatic heterocycles. The molecule has 0 bridgehead atoms. The van der Waals surface area contributed by atoms with Gasteiger partial charge in [0.15, 0.2) is 5.89 Å². The van der Waals surface area contributed by atoms with Gasteiger partial charge in [0.05, 0.1) is 6.20 Å². The van der Waals surface area contributed by atoms with Crippen LogP contribution in [-0.2, 0) is 4.79 Å². The number of carbonyl (C=O) groups is 2. The largest absolute Gasteiger partial charge is 0.475 e. The van der Waals surface area contributed by atoms with Crippen molar-refractivity contribution in [2.24, 2.45) is 0 Å². The lowest BCUT2D eigenvalue weighted by Gasteiger charge is -2.29. The van der Waals surface area contributed by atoms with E-state index >= 15 is 0 Å². The van der Waals surface area contributed by atoms with Crippen LogP contribution in [0.2, 0.25) is 0 Å². The number of hydrogen-bond donors (Lipinski definition) is 1. The van der Waals surface area contributed by atoms with Gasteiger partial charge in [0, 0.05) is 25.9 Å². The number of aromatic nitrogens is 1. The average molecular weight is 238 g/mol. The van der Waals surface area contributed by atoms with E-state index in [9.17, 15) is 9.59 Å². The van der Waals surface area contributed by atoms with Crippen LogP contribution in [-0.4, -0.2) is 40.0 Å². The van der Waals surface area contributed by atoms with Gasteiger partial charge >= 0.3 is 5.97 Å². The number of rotatable bonds is 2. The Morgan fingerprint density at radius 2 is 2.12 bits per heavy atom. The average Bonchev–Trinajstić information content (AvgIpc) is 2.78. The van der Waals surface area contributed by atoms with Crippen molar-refractivity contribution in [3.05, 3.63) is 17.8 Å². The molecule has 0 aliphatic carbocycles. The third kappa shape index (κ3) is 2.46. The molecule has 6 heteroatoms. The van der Waals surface area contributed by atoms with Crippen LogP contribution in [0.15, 0.2) is 10.6 Å². The van der Waals surface area contributed by atoms with Crippen LogP contribution < -0.4 is 0 Å². The van der Waals surface area contributed by atoms with Crippen LogP contribution >= 0.6 is 0 Å². The van der Waals surface area contributed by atoms with Crippen LogP contribution in [0, 0.1) is 0 Å². The Morgan fingerprint density at radius 3 is 2.59 bits per heavy atom. The van der Waals surface area contributed by atoms with Crippen molar-refractivity contribution in [1.29, 1.82) is 0 Å². The summed E-state index contributed by atoms with van der Waals surface area (Å²) in [6.45, 7) is 2.89. The topological polar surface area (TPSA) is 83.6 Å². The highest BCUT2D eigenvalue weighted by atomic mass is 16.4. The van der Waals surface area contributed by atoms with Crippen molar-refractivity contribution < 1.29 is 19.1 Å². The van der Waals surface area contributed by atoms with Gasteiger partial charge in [-0.15, -0.1) is 0 Å². The van der Waals surface area contributed by atoms with Crippen molar-refractivity contribution in [3.8, 4) is 0 Å². The van der Waals surface area contributed by atoms with Gasteiger partial charge in [-0.3, -0.25) is 4.79 Å². The Morgan fingerprint density at radius 1 is 1.47 bits per heavy atom. The highest BCUT2D eigenvalue weighted by molar-refractivity contribution is 5.83. The van der Waals surface area contributed by atoms with E-state index in [0.717, 1.165) is 12.8 Å². The van der Waals surface area contributed by atoms with Crippen LogP contribution in [0.3, 0.4) is 0 Å². The molecule has 92 valence electrons. The predicted octanol–water partition coefficient (Wildman–Crippen LogP) is 1.10. The number of piperidine rings is 1. The SMILES string of the molecule is CC(=O)N1CCC(c2ncc(C(=O)O)o2)CC1. The Labute approximate surface area is 98.2 Å². The predicted molar refractivity (Wildman–Crippen MR) is 57.7 cm³/mol. The second kappa shape index (κ2) is 4.57. The van der Waals surface area contributed by atoms with Gasteiger partial charge in [-0.25, -0.2) is 9.78 Å². The minimum atomic E-state index is -1.11. The molecule has 0 unspecified atom stereocenters. The van der Waals surface area contributed by atoms with E-state index in [1.54, 1.807) is 11.8 Å². The molecule has 1 aromatic heterocycles. The summed E-state index contributed by atoms with van der Waals surface area (Å²) in [5.41, 5.74) is 0. The Balaban J connectivity index is 2.00. The molecule has 2 heterocycles. The first kappa shape index (κ1) is 11.6. The lowest BCUT2D eigenvalue weighted by atomic mass is 9.97. The molecule has 6 nitrogen and oxygen atoms in total. The van der Waals surface area contributed by atoms with E-state index in [4.69, 9.17) is 9.52 Å². The molecule has 1 aliphatic rings. The first-order chi connectivity index (χ1) is 8.08. The summed E-state index contributed by atoms with van der Waals surface area (Å²) in [6, 6.07) is 0. The monoisotopic (exact) mass is 238 g/mol. The summed E-state index contributed by atoms with van der Waals surface area (Å²) in [5.74, 6) is -0.592. The fourth-order valence-electron chi connectivity index (χ4n) is 2.02. The number of likely N-dealkylation sites (tertiary alicyclic amines) is 1. The van der Waals surface area contributed by atoms with Crippen molar-refractivity contribution >= 4 is 11.9 Å². The van der Waals surface area contributed by atoms with E-state index in [1.165, 1.54) is 6.20 Å². The van der Waals surface area contributed by atoms with E-state index in [2.05, 4.69) is 4.98 Å². The van der Waals surface area contributed by atoms with E-state index < -0.39 is 5.97 Å². The first-order valence-corrected chi connectivity index (χ1v) is 5.52. The normalized spacial score (nSPS) is 17.1. The van der Waals surface area contributed by atoms with Gasteiger partial charge in [-0.2, -0.15) is 0 Å². The van der Waals surface area contributed by atoms with Crippen LogP contribution in [0.1, 0.15) is 42.1 Å². The summed E-state index contributed by atoms with van der Waals surface area (Å²) in [7, 11) is 0.